The number of nitro benzene ring substituents is 1. The lowest BCUT2D eigenvalue weighted by atomic mass is 9.98. The second-order valence-corrected chi connectivity index (χ2v) is 6.00. The minimum absolute atomic E-state index is 0.0163. The summed E-state index contributed by atoms with van der Waals surface area (Å²) in [5.41, 5.74) is 2.25. The van der Waals surface area contributed by atoms with E-state index >= 15 is 0 Å². The Hall–Kier alpha value is -2.40. The summed E-state index contributed by atoms with van der Waals surface area (Å²) in [4.78, 5) is 23.0. The SMILES string of the molecule is Cc1cccc(C(C)C)c1NC(=O)c1ccc(Cl)cc1[N+](=O)[O-]. The molecule has 1 amide bonds. The molecule has 0 aliphatic rings. The van der Waals surface area contributed by atoms with Gasteiger partial charge in [0.2, 0.25) is 0 Å². The molecule has 2 aromatic carbocycles. The minimum Gasteiger partial charge on any atom is -0.321 e. The quantitative estimate of drug-likeness (QED) is 0.637. The molecule has 6 heteroatoms. The van der Waals surface area contributed by atoms with Crippen molar-refractivity contribution in [3.8, 4) is 0 Å². The number of hydrogen-bond acceptors (Lipinski definition) is 3. The highest BCUT2D eigenvalue weighted by atomic mass is 35.5. The number of halogens is 1. The summed E-state index contributed by atoms with van der Waals surface area (Å²) in [7, 11) is 0. The fourth-order valence-corrected chi connectivity index (χ4v) is 2.54. The first-order valence-electron chi connectivity index (χ1n) is 7.16. The molecule has 0 bridgehead atoms. The predicted molar refractivity (Wildman–Crippen MR) is 91.3 cm³/mol. The monoisotopic (exact) mass is 332 g/mol. The van der Waals surface area contributed by atoms with Gasteiger partial charge in [0.25, 0.3) is 11.6 Å². The fourth-order valence-electron chi connectivity index (χ4n) is 2.37. The van der Waals surface area contributed by atoms with Gasteiger partial charge in [-0.3, -0.25) is 14.9 Å². The van der Waals surface area contributed by atoms with Crippen molar-refractivity contribution in [3.63, 3.8) is 0 Å². The first kappa shape index (κ1) is 17.0. The van der Waals surface area contributed by atoms with E-state index in [4.69, 9.17) is 11.6 Å². The van der Waals surface area contributed by atoms with Gasteiger partial charge in [-0.15, -0.1) is 0 Å². The Morgan fingerprint density at radius 3 is 2.57 bits per heavy atom. The van der Waals surface area contributed by atoms with Gasteiger partial charge < -0.3 is 5.32 Å². The van der Waals surface area contributed by atoms with Crippen LogP contribution in [0, 0.1) is 17.0 Å². The molecule has 0 aromatic heterocycles. The Labute approximate surface area is 139 Å². The van der Waals surface area contributed by atoms with Crippen LogP contribution >= 0.6 is 11.6 Å². The zero-order chi connectivity index (χ0) is 17.1. The molecule has 23 heavy (non-hydrogen) atoms. The van der Waals surface area contributed by atoms with E-state index < -0.39 is 10.8 Å². The third kappa shape index (κ3) is 3.68. The molecule has 0 heterocycles. The number of carbonyl (C=O) groups is 1. The molecule has 120 valence electrons. The average Bonchev–Trinajstić information content (AvgIpc) is 2.48. The van der Waals surface area contributed by atoms with E-state index in [0.717, 1.165) is 11.1 Å². The fraction of sp³-hybridized carbons (Fsp3) is 0.235. The summed E-state index contributed by atoms with van der Waals surface area (Å²) in [6.07, 6.45) is 0. The van der Waals surface area contributed by atoms with E-state index in [-0.39, 0.29) is 22.2 Å². The van der Waals surface area contributed by atoms with Gasteiger partial charge in [0, 0.05) is 16.8 Å². The van der Waals surface area contributed by atoms with Gasteiger partial charge >= 0.3 is 0 Å². The Balaban J connectivity index is 2.43. The number of nitro groups is 1. The number of nitrogens with one attached hydrogen (secondary N) is 1. The van der Waals surface area contributed by atoms with Crippen LogP contribution in [-0.4, -0.2) is 10.8 Å². The van der Waals surface area contributed by atoms with Crippen molar-refractivity contribution < 1.29 is 9.72 Å². The average molecular weight is 333 g/mol. The topological polar surface area (TPSA) is 72.2 Å². The molecule has 0 aliphatic heterocycles. The molecule has 0 spiro atoms. The summed E-state index contributed by atoms with van der Waals surface area (Å²) in [6, 6.07) is 9.75. The lowest BCUT2D eigenvalue weighted by molar-refractivity contribution is -0.385. The molecule has 5 nitrogen and oxygen atoms in total. The predicted octanol–water partition coefficient (Wildman–Crippen LogP) is 4.93. The Bertz CT molecular complexity index is 772. The number of carbonyl (C=O) groups excluding carboxylic acids is 1. The van der Waals surface area contributed by atoms with Gasteiger partial charge in [0.15, 0.2) is 0 Å². The van der Waals surface area contributed by atoms with Gasteiger partial charge in [0.1, 0.15) is 5.56 Å². The summed E-state index contributed by atoms with van der Waals surface area (Å²) in [6.45, 7) is 5.93. The second-order valence-electron chi connectivity index (χ2n) is 5.57. The number of amides is 1. The van der Waals surface area contributed by atoms with Crippen molar-refractivity contribution in [2.75, 3.05) is 5.32 Å². The van der Waals surface area contributed by atoms with Gasteiger partial charge in [0.05, 0.1) is 4.92 Å². The molecule has 2 rings (SSSR count). The highest BCUT2D eigenvalue weighted by molar-refractivity contribution is 6.31. The highest BCUT2D eigenvalue weighted by Crippen LogP contribution is 2.29. The van der Waals surface area contributed by atoms with E-state index in [1.165, 1.54) is 18.2 Å². The standard InChI is InChI=1S/C17H17ClN2O3/c1-10(2)13-6-4-5-11(3)16(13)19-17(21)14-8-7-12(18)9-15(14)20(22)23/h4-10H,1-3H3,(H,19,21). The van der Waals surface area contributed by atoms with Crippen LogP contribution in [0.3, 0.4) is 0 Å². The molecule has 0 saturated carbocycles. The van der Waals surface area contributed by atoms with Crippen LogP contribution in [0.25, 0.3) is 0 Å². The Morgan fingerprint density at radius 1 is 1.26 bits per heavy atom. The number of nitrogens with zero attached hydrogens (tertiary/aromatic N) is 1. The number of benzene rings is 2. The number of rotatable bonds is 4. The summed E-state index contributed by atoms with van der Waals surface area (Å²) >= 11 is 5.78. The van der Waals surface area contributed by atoms with Gasteiger partial charge in [-0.2, -0.15) is 0 Å². The highest BCUT2D eigenvalue weighted by Gasteiger charge is 2.22. The van der Waals surface area contributed by atoms with Crippen LogP contribution in [0.4, 0.5) is 11.4 Å². The lowest BCUT2D eigenvalue weighted by Crippen LogP contribution is -2.16. The molecular formula is C17H17ClN2O3. The summed E-state index contributed by atoms with van der Waals surface area (Å²) < 4.78 is 0. The lowest BCUT2D eigenvalue weighted by Gasteiger charge is -2.16. The number of hydrogen-bond donors (Lipinski definition) is 1. The van der Waals surface area contributed by atoms with Crippen molar-refractivity contribution in [2.45, 2.75) is 26.7 Å². The second kappa shape index (κ2) is 6.79. The van der Waals surface area contributed by atoms with Crippen molar-refractivity contribution in [1.29, 1.82) is 0 Å². The van der Waals surface area contributed by atoms with Crippen LogP contribution < -0.4 is 5.32 Å². The van der Waals surface area contributed by atoms with Crippen molar-refractivity contribution in [2.24, 2.45) is 0 Å². The third-order valence-corrected chi connectivity index (χ3v) is 3.80. The smallest absolute Gasteiger partial charge is 0.283 e. The van der Waals surface area contributed by atoms with Gasteiger partial charge in [-0.1, -0.05) is 43.6 Å². The molecule has 0 radical (unpaired) electrons. The van der Waals surface area contributed by atoms with E-state index in [2.05, 4.69) is 5.32 Å². The van der Waals surface area contributed by atoms with Crippen molar-refractivity contribution in [1.82, 2.24) is 0 Å². The van der Waals surface area contributed by atoms with Crippen LogP contribution in [-0.2, 0) is 0 Å². The molecular weight excluding hydrogens is 316 g/mol. The van der Waals surface area contributed by atoms with Crippen LogP contribution in [0.5, 0.6) is 0 Å². The molecule has 0 saturated heterocycles. The zero-order valence-corrected chi connectivity index (χ0v) is 13.8. The minimum atomic E-state index is -0.609. The maximum atomic E-state index is 12.5. The van der Waals surface area contributed by atoms with E-state index in [0.29, 0.717) is 5.69 Å². The van der Waals surface area contributed by atoms with E-state index in [1.54, 1.807) is 0 Å². The Kier molecular flexibility index (Phi) is 5.01. The van der Waals surface area contributed by atoms with Crippen molar-refractivity contribution in [3.05, 3.63) is 68.2 Å². The number of aryl methyl sites for hydroxylation is 1. The molecule has 0 unspecified atom stereocenters. The first-order valence-corrected chi connectivity index (χ1v) is 7.54. The molecule has 0 fully saturated rings. The molecule has 1 N–H and O–H groups in total. The van der Waals surface area contributed by atoms with E-state index in [1.807, 2.05) is 39.0 Å². The van der Waals surface area contributed by atoms with Crippen LogP contribution in [0.1, 0.15) is 41.3 Å². The molecule has 0 aliphatic carbocycles. The van der Waals surface area contributed by atoms with Gasteiger partial charge in [-0.25, -0.2) is 0 Å². The maximum absolute atomic E-state index is 12.5. The van der Waals surface area contributed by atoms with Crippen molar-refractivity contribution >= 4 is 28.9 Å². The first-order chi connectivity index (χ1) is 10.8. The largest absolute Gasteiger partial charge is 0.321 e. The molecule has 2 aromatic rings. The number of anilines is 1. The summed E-state index contributed by atoms with van der Waals surface area (Å²) in [5, 5.41) is 14.2. The van der Waals surface area contributed by atoms with Gasteiger partial charge in [-0.05, 0) is 36.1 Å². The molecule has 0 atom stereocenters. The Morgan fingerprint density at radius 2 is 1.96 bits per heavy atom. The normalized spacial score (nSPS) is 10.7. The zero-order valence-electron chi connectivity index (χ0n) is 13.1. The number of para-hydroxylation sites is 1. The van der Waals surface area contributed by atoms with Crippen LogP contribution in [0.2, 0.25) is 5.02 Å². The van der Waals surface area contributed by atoms with E-state index in [9.17, 15) is 14.9 Å². The maximum Gasteiger partial charge on any atom is 0.283 e. The summed E-state index contributed by atoms with van der Waals surface area (Å²) in [5.74, 6) is -0.310. The van der Waals surface area contributed by atoms with Crippen LogP contribution in [0.15, 0.2) is 36.4 Å². The third-order valence-electron chi connectivity index (χ3n) is 3.57.